The Hall–Kier alpha value is -0.930. The highest BCUT2D eigenvalue weighted by atomic mass is 15.1. The van der Waals surface area contributed by atoms with Crippen LogP contribution in [-0.4, -0.2) is 23.5 Å². The highest BCUT2D eigenvalue weighted by Gasteiger charge is 2.04. The number of aromatic nitrogens is 1. The molecule has 1 rings (SSSR count). The highest BCUT2D eigenvalue weighted by molar-refractivity contribution is 5.19. The topological polar surface area (TPSA) is 42.2 Å². The number of unbranched alkanes of at least 4 members (excludes halogenated alkanes) is 1. The van der Waals surface area contributed by atoms with E-state index in [2.05, 4.69) is 29.9 Å². The number of pyridine rings is 1. The normalized spacial score (nSPS) is 10.9. The molecule has 0 fully saturated rings. The minimum atomic E-state index is 0.526. The molecule has 0 unspecified atom stereocenters. The zero-order chi connectivity index (χ0) is 11.1. The van der Waals surface area contributed by atoms with Crippen LogP contribution in [0.3, 0.4) is 0 Å². The number of nitrogens with zero attached hydrogens (tertiary/aromatic N) is 2. The first kappa shape index (κ1) is 12.1. The van der Waals surface area contributed by atoms with E-state index in [9.17, 15) is 0 Å². The van der Waals surface area contributed by atoms with Crippen LogP contribution in [0.15, 0.2) is 18.3 Å². The van der Waals surface area contributed by atoms with Crippen LogP contribution >= 0.6 is 0 Å². The summed E-state index contributed by atoms with van der Waals surface area (Å²) < 4.78 is 0. The standard InChI is InChI=1S/C12H21N3/c1-3-4-8-15(2)10-11-6-5-7-14-12(11)9-13/h5-7H,3-4,8-10,13H2,1-2H3. The summed E-state index contributed by atoms with van der Waals surface area (Å²) in [6, 6.07) is 4.08. The summed E-state index contributed by atoms with van der Waals surface area (Å²) in [5.74, 6) is 0. The number of hydrogen-bond acceptors (Lipinski definition) is 3. The van der Waals surface area contributed by atoms with Crippen molar-refractivity contribution in [2.75, 3.05) is 13.6 Å². The molecule has 15 heavy (non-hydrogen) atoms. The van der Waals surface area contributed by atoms with E-state index in [0.717, 1.165) is 18.8 Å². The van der Waals surface area contributed by atoms with Gasteiger partial charge in [0.2, 0.25) is 0 Å². The van der Waals surface area contributed by atoms with E-state index in [1.54, 1.807) is 6.20 Å². The highest BCUT2D eigenvalue weighted by Crippen LogP contribution is 2.08. The summed E-state index contributed by atoms with van der Waals surface area (Å²) in [6.45, 7) is 4.82. The predicted molar refractivity (Wildman–Crippen MR) is 63.4 cm³/mol. The molecular weight excluding hydrogens is 186 g/mol. The summed E-state index contributed by atoms with van der Waals surface area (Å²) in [5.41, 5.74) is 7.91. The van der Waals surface area contributed by atoms with Gasteiger partial charge in [-0.25, -0.2) is 0 Å². The van der Waals surface area contributed by atoms with Crippen LogP contribution in [0.5, 0.6) is 0 Å². The van der Waals surface area contributed by atoms with Crippen molar-refractivity contribution in [2.24, 2.45) is 5.73 Å². The summed E-state index contributed by atoms with van der Waals surface area (Å²) >= 11 is 0. The van der Waals surface area contributed by atoms with Gasteiger partial charge in [-0.1, -0.05) is 19.4 Å². The minimum absolute atomic E-state index is 0.526. The third kappa shape index (κ3) is 3.98. The average molecular weight is 207 g/mol. The van der Waals surface area contributed by atoms with Gasteiger partial charge in [0, 0.05) is 19.3 Å². The lowest BCUT2D eigenvalue weighted by Crippen LogP contribution is -2.20. The molecule has 0 aliphatic carbocycles. The SMILES string of the molecule is CCCCN(C)Cc1cccnc1CN. The van der Waals surface area contributed by atoms with E-state index in [-0.39, 0.29) is 0 Å². The third-order valence-corrected chi connectivity index (χ3v) is 2.51. The minimum Gasteiger partial charge on any atom is -0.325 e. The molecule has 0 aliphatic rings. The maximum atomic E-state index is 5.65. The van der Waals surface area contributed by atoms with Crippen molar-refractivity contribution in [1.82, 2.24) is 9.88 Å². The lowest BCUT2D eigenvalue weighted by molar-refractivity contribution is 0.319. The molecule has 0 saturated heterocycles. The Morgan fingerprint density at radius 1 is 1.47 bits per heavy atom. The van der Waals surface area contributed by atoms with Gasteiger partial charge in [-0.05, 0) is 31.6 Å². The van der Waals surface area contributed by atoms with E-state index >= 15 is 0 Å². The molecule has 3 nitrogen and oxygen atoms in total. The van der Waals surface area contributed by atoms with Gasteiger partial charge >= 0.3 is 0 Å². The van der Waals surface area contributed by atoms with Crippen LogP contribution in [0.1, 0.15) is 31.0 Å². The van der Waals surface area contributed by atoms with Crippen molar-refractivity contribution in [3.05, 3.63) is 29.6 Å². The monoisotopic (exact) mass is 207 g/mol. The molecule has 0 bridgehead atoms. The zero-order valence-electron chi connectivity index (χ0n) is 9.74. The van der Waals surface area contributed by atoms with Crippen LogP contribution in [0.2, 0.25) is 0 Å². The van der Waals surface area contributed by atoms with Gasteiger partial charge in [-0.3, -0.25) is 4.98 Å². The number of hydrogen-bond donors (Lipinski definition) is 1. The van der Waals surface area contributed by atoms with Crippen molar-refractivity contribution >= 4 is 0 Å². The van der Waals surface area contributed by atoms with Crippen LogP contribution in [0.25, 0.3) is 0 Å². The predicted octanol–water partition coefficient (Wildman–Crippen LogP) is 1.77. The quantitative estimate of drug-likeness (QED) is 0.773. The van der Waals surface area contributed by atoms with Gasteiger partial charge in [0.05, 0.1) is 5.69 Å². The Bertz CT molecular complexity index is 286. The molecule has 1 heterocycles. The summed E-state index contributed by atoms with van der Waals surface area (Å²) in [5, 5.41) is 0. The van der Waals surface area contributed by atoms with E-state index in [0.29, 0.717) is 6.54 Å². The smallest absolute Gasteiger partial charge is 0.0584 e. The fourth-order valence-corrected chi connectivity index (χ4v) is 1.60. The zero-order valence-corrected chi connectivity index (χ0v) is 9.74. The first-order valence-electron chi connectivity index (χ1n) is 5.59. The second-order valence-electron chi connectivity index (χ2n) is 3.90. The van der Waals surface area contributed by atoms with Gasteiger partial charge < -0.3 is 10.6 Å². The lowest BCUT2D eigenvalue weighted by atomic mass is 10.2. The summed E-state index contributed by atoms with van der Waals surface area (Å²) in [7, 11) is 2.14. The van der Waals surface area contributed by atoms with Gasteiger partial charge in [-0.15, -0.1) is 0 Å². The van der Waals surface area contributed by atoms with Crippen molar-refractivity contribution in [3.8, 4) is 0 Å². The second-order valence-corrected chi connectivity index (χ2v) is 3.90. The fraction of sp³-hybridized carbons (Fsp3) is 0.583. The summed E-state index contributed by atoms with van der Waals surface area (Å²) in [4.78, 5) is 6.60. The molecule has 0 amide bonds. The lowest BCUT2D eigenvalue weighted by Gasteiger charge is -2.17. The maximum Gasteiger partial charge on any atom is 0.0584 e. The summed E-state index contributed by atoms with van der Waals surface area (Å²) in [6.07, 6.45) is 4.29. The van der Waals surface area contributed by atoms with E-state index in [1.807, 2.05) is 6.07 Å². The second kappa shape index (κ2) is 6.53. The molecule has 0 aliphatic heterocycles. The van der Waals surface area contributed by atoms with E-state index < -0.39 is 0 Å². The van der Waals surface area contributed by atoms with Crippen LogP contribution in [0.4, 0.5) is 0 Å². The fourth-order valence-electron chi connectivity index (χ4n) is 1.60. The van der Waals surface area contributed by atoms with Gasteiger partial charge in [0.1, 0.15) is 0 Å². The number of nitrogens with two attached hydrogens (primary N) is 1. The van der Waals surface area contributed by atoms with E-state index in [4.69, 9.17) is 5.73 Å². The van der Waals surface area contributed by atoms with Gasteiger partial charge in [-0.2, -0.15) is 0 Å². The molecule has 1 aromatic rings. The first-order chi connectivity index (χ1) is 7.27. The van der Waals surface area contributed by atoms with Crippen molar-refractivity contribution < 1.29 is 0 Å². The Morgan fingerprint density at radius 2 is 2.27 bits per heavy atom. The largest absolute Gasteiger partial charge is 0.325 e. The molecule has 3 heteroatoms. The molecule has 0 saturated carbocycles. The molecular formula is C12H21N3. The van der Waals surface area contributed by atoms with Gasteiger partial charge in [0.25, 0.3) is 0 Å². The molecule has 0 radical (unpaired) electrons. The van der Waals surface area contributed by atoms with E-state index in [1.165, 1.54) is 18.4 Å². The molecule has 0 aromatic carbocycles. The number of rotatable bonds is 6. The Labute approximate surface area is 92.3 Å². The van der Waals surface area contributed by atoms with Crippen LogP contribution in [0, 0.1) is 0 Å². The Balaban J connectivity index is 2.55. The molecule has 84 valence electrons. The van der Waals surface area contributed by atoms with Crippen molar-refractivity contribution in [1.29, 1.82) is 0 Å². The first-order valence-corrected chi connectivity index (χ1v) is 5.59. The van der Waals surface area contributed by atoms with Crippen LogP contribution in [-0.2, 0) is 13.1 Å². The maximum absolute atomic E-state index is 5.65. The van der Waals surface area contributed by atoms with Crippen molar-refractivity contribution in [3.63, 3.8) is 0 Å². The molecule has 1 aromatic heterocycles. The molecule has 2 N–H and O–H groups in total. The Kier molecular flexibility index (Phi) is 5.29. The Morgan fingerprint density at radius 3 is 2.93 bits per heavy atom. The van der Waals surface area contributed by atoms with Crippen LogP contribution < -0.4 is 5.73 Å². The average Bonchev–Trinajstić information content (AvgIpc) is 2.27. The van der Waals surface area contributed by atoms with Gasteiger partial charge in [0.15, 0.2) is 0 Å². The molecule has 0 atom stereocenters. The molecule has 0 spiro atoms. The van der Waals surface area contributed by atoms with Crippen molar-refractivity contribution in [2.45, 2.75) is 32.9 Å². The third-order valence-electron chi connectivity index (χ3n) is 2.51.